The first-order chi connectivity index (χ1) is 3.06. The van der Waals surface area contributed by atoms with E-state index in [-0.39, 0.29) is 0 Å². The molecule has 0 aromatic rings. The highest BCUT2D eigenvalue weighted by Gasteiger charge is 2.17. The van der Waals surface area contributed by atoms with Gasteiger partial charge < -0.3 is 0 Å². The summed E-state index contributed by atoms with van der Waals surface area (Å²) in [4.78, 5) is 0. The van der Waals surface area contributed by atoms with Gasteiger partial charge >= 0.3 is 0 Å². The summed E-state index contributed by atoms with van der Waals surface area (Å²) in [7, 11) is 0. The summed E-state index contributed by atoms with van der Waals surface area (Å²) < 4.78 is 0. The van der Waals surface area contributed by atoms with Gasteiger partial charge in [0.1, 0.15) is 0 Å². The van der Waals surface area contributed by atoms with Crippen LogP contribution in [0.5, 0.6) is 0 Å². The molecule has 0 aliphatic carbocycles. The molecule has 0 spiro atoms. The summed E-state index contributed by atoms with van der Waals surface area (Å²) in [6.45, 7) is 3.55. The molecule has 0 aromatic carbocycles. The van der Waals surface area contributed by atoms with Crippen molar-refractivity contribution in [2.24, 2.45) is 0 Å². The zero-order valence-electron chi connectivity index (χ0n) is 4.25. The Labute approximate surface area is 54.5 Å². The van der Waals surface area contributed by atoms with Gasteiger partial charge in [0, 0.05) is 0 Å². The van der Waals surface area contributed by atoms with Crippen molar-refractivity contribution in [2.75, 3.05) is 0 Å². The fraction of sp³-hybridized carbons (Fsp3) is 0.500. The predicted molar refractivity (Wildman–Crippen MR) is 38.3 cm³/mol. The molecular formula is C4H8Cl2Si. The highest BCUT2D eigenvalue weighted by atomic mass is 35.7. The Kier molecular flexibility index (Phi) is 2.96. The zero-order valence-corrected chi connectivity index (χ0v) is 6.76. The van der Waals surface area contributed by atoms with Gasteiger partial charge in [-0.15, -0.1) is 28.7 Å². The summed E-state index contributed by atoms with van der Waals surface area (Å²) in [5, 5.41) is 0. The topological polar surface area (TPSA) is 0 Å². The number of allylic oxidation sites excluding steroid dienone is 1. The van der Waals surface area contributed by atoms with E-state index < -0.39 is 6.69 Å². The molecule has 0 bridgehead atoms. The normalized spacial score (nSPS) is 11.3. The lowest BCUT2D eigenvalue weighted by molar-refractivity contribution is 1.67. The average Bonchev–Trinajstić information content (AvgIpc) is 1.30. The standard InChI is InChI=1S/C4H8Cl2Si/c1-3-4-7(2,5)6/h3H,1,4H2,2H3. The quantitative estimate of drug-likeness (QED) is 0.326. The fourth-order valence-corrected chi connectivity index (χ4v) is 1.41. The second kappa shape index (κ2) is 2.75. The van der Waals surface area contributed by atoms with Gasteiger partial charge in [-0.05, 0) is 12.6 Å². The molecular weight excluding hydrogens is 147 g/mol. The Morgan fingerprint density at radius 2 is 2.14 bits per heavy atom. The third kappa shape index (κ3) is 6.54. The molecule has 3 heteroatoms. The third-order valence-electron chi connectivity index (χ3n) is 0.503. The van der Waals surface area contributed by atoms with Crippen LogP contribution in [-0.2, 0) is 0 Å². The van der Waals surface area contributed by atoms with E-state index in [1.807, 2.05) is 6.55 Å². The van der Waals surface area contributed by atoms with Gasteiger partial charge in [0.25, 0.3) is 6.69 Å². The van der Waals surface area contributed by atoms with Crippen LogP contribution in [0.15, 0.2) is 12.7 Å². The Hall–Kier alpha value is 0.537. The Bertz CT molecular complexity index is 64.6. The van der Waals surface area contributed by atoms with E-state index in [1.54, 1.807) is 6.08 Å². The minimum absolute atomic E-state index is 0.774. The maximum atomic E-state index is 5.67. The van der Waals surface area contributed by atoms with Gasteiger partial charge in [0.2, 0.25) is 0 Å². The van der Waals surface area contributed by atoms with E-state index in [0.29, 0.717) is 0 Å². The highest BCUT2D eigenvalue weighted by Crippen LogP contribution is 2.18. The molecule has 0 saturated carbocycles. The van der Waals surface area contributed by atoms with E-state index in [2.05, 4.69) is 6.58 Å². The van der Waals surface area contributed by atoms with E-state index in [1.165, 1.54) is 0 Å². The number of rotatable bonds is 2. The molecule has 0 aliphatic heterocycles. The van der Waals surface area contributed by atoms with Crippen molar-refractivity contribution in [3.05, 3.63) is 12.7 Å². The largest absolute Gasteiger partial charge is 0.252 e. The van der Waals surface area contributed by atoms with E-state index in [9.17, 15) is 0 Å². The van der Waals surface area contributed by atoms with E-state index >= 15 is 0 Å². The molecule has 0 heterocycles. The van der Waals surface area contributed by atoms with Crippen molar-refractivity contribution < 1.29 is 0 Å². The second-order valence-corrected chi connectivity index (χ2v) is 9.70. The summed E-state index contributed by atoms with van der Waals surface area (Å²) >= 11 is 11.3. The maximum absolute atomic E-state index is 5.67. The molecule has 0 amide bonds. The number of hydrogen-bond acceptors (Lipinski definition) is 0. The van der Waals surface area contributed by atoms with Crippen LogP contribution in [0.4, 0.5) is 0 Å². The molecule has 42 valence electrons. The van der Waals surface area contributed by atoms with Crippen molar-refractivity contribution in [1.29, 1.82) is 0 Å². The number of hydrogen-bond donors (Lipinski definition) is 0. The highest BCUT2D eigenvalue weighted by molar-refractivity contribution is 7.45. The van der Waals surface area contributed by atoms with Gasteiger partial charge in [-0.1, -0.05) is 6.08 Å². The van der Waals surface area contributed by atoms with Crippen LogP contribution in [0.3, 0.4) is 0 Å². The Morgan fingerprint density at radius 1 is 1.71 bits per heavy atom. The van der Waals surface area contributed by atoms with Crippen molar-refractivity contribution in [3.63, 3.8) is 0 Å². The first-order valence-electron chi connectivity index (χ1n) is 2.05. The van der Waals surface area contributed by atoms with Gasteiger partial charge in [0.15, 0.2) is 0 Å². The van der Waals surface area contributed by atoms with Crippen LogP contribution in [0.25, 0.3) is 0 Å². The molecule has 7 heavy (non-hydrogen) atoms. The molecule has 0 nitrogen and oxygen atoms in total. The maximum Gasteiger partial charge on any atom is 0.252 e. The van der Waals surface area contributed by atoms with E-state index in [0.717, 1.165) is 6.04 Å². The van der Waals surface area contributed by atoms with Crippen molar-refractivity contribution in [1.82, 2.24) is 0 Å². The van der Waals surface area contributed by atoms with Crippen LogP contribution in [0, 0.1) is 0 Å². The zero-order chi connectivity index (χ0) is 5.91. The fourth-order valence-electron chi connectivity index (χ4n) is 0.253. The molecule has 0 fully saturated rings. The van der Waals surface area contributed by atoms with Gasteiger partial charge in [0.05, 0.1) is 0 Å². The van der Waals surface area contributed by atoms with Crippen LogP contribution in [0.2, 0.25) is 12.6 Å². The van der Waals surface area contributed by atoms with Crippen LogP contribution in [-0.4, -0.2) is 6.69 Å². The predicted octanol–water partition coefficient (Wildman–Crippen LogP) is 2.72. The number of halogens is 2. The molecule has 0 aliphatic rings. The molecule has 0 rings (SSSR count). The SMILES string of the molecule is C=CC[Si](C)(Cl)Cl. The smallest absolute Gasteiger partial charge is 0.146 e. The summed E-state index contributed by atoms with van der Waals surface area (Å²) in [6, 6.07) is 0.774. The molecule has 0 atom stereocenters. The average molecular weight is 155 g/mol. The minimum atomic E-state index is -1.83. The van der Waals surface area contributed by atoms with Crippen molar-refractivity contribution >= 4 is 28.9 Å². The van der Waals surface area contributed by atoms with Crippen LogP contribution >= 0.6 is 22.2 Å². The van der Waals surface area contributed by atoms with Gasteiger partial charge in [-0.2, -0.15) is 0 Å². The molecule has 0 N–H and O–H groups in total. The first kappa shape index (κ1) is 7.54. The monoisotopic (exact) mass is 154 g/mol. The van der Waals surface area contributed by atoms with Gasteiger partial charge in [-0.25, -0.2) is 0 Å². The van der Waals surface area contributed by atoms with Gasteiger partial charge in [-0.3, -0.25) is 0 Å². The molecule has 0 unspecified atom stereocenters. The molecule has 0 aromatic heterocycles. The first-order valence-corrected chi connectivity index (χ1v) is 6.78. The summed E-state index contributed by atoms with van der Waals surface area (Å²) in [5.74, 6) is 0. The molecule has 0 saturated heterocycles. The lowest BCUT2D eigenvalue weighted by Gasteiger charge is -2.02. The van der Waals surface area contributed by atoms with Crippen LogP contribution < -0.4 is 0 Å². The lowest BCUT2D eigenvalue weighted by atomic mass is 10.8. The second-order valence-electron chi connectivity index (χ2n) is 1.56. The van der Waals surface area contributed by atoms with Crippen molar-refractivity contribution in [3.8, 4) is 0 Å². The third-order valence-corrected chi connectivity index (χ3v) is 2.43. The minimum Gasteiger partial charge on any atom is -0.146 e. The van der Waals surface area contributed by atoms with Crippen molar-refractivity contribution in [2.45, 2.75) is 12.6 Å². The van der Waals surface area contributed by atoms with E-state index in [4.69, 9.17) is 22.2 Å². The Balaban J connectivity index is 3.34. The summed E-state index contributed by atoms with van der Waals surface area (Å²) in [5.41, 5.74) is 0. The lowest BCUT2D eigenvalue weighted by Crippen LogP contribution is -2.09. The molecule has 0 radical (unpaired) electrons. The summed E-state index contributed by atoms with van der Waals surface area (Å²) in [6.07, 6.45) is 1.76. The van der Waals surface area contributed by atoms with Crippen LogP contribution in [0.1, 0.15) is 0 Å². The Morgan fingerprint density at radius 3 is 2.14 bits per heavy atom.